The van der Waals surface area contributed by atoms with Crippen molar-refractivity contribution in [1.82, 2.24) is 14.7 Å². The van der Waals surface area contributed by atoms with Crippen LogP contribution < -0.4 is 0 Å². The van der Waals surface area contributed by atoms with Gasteiger partial charge in [0.2, 0.25) is 0 Å². The molecule has 5 heteroatoms. The van der Waals surface area contributed by atoms with E-state index < -0.39 is 0 Å². The van der Waals surface area contributed by atoms with Crippen LogP contribution in [-0.4, -0.2) is 26.5 Å². The molecular formula is C18H15N3O2. The summed E-state index contributed by atoms with van der Waals surface area (Å²) < 4.78 is 1.92. The second-order valence-electron chi connectivity index (χ2n) is 5.60. The van der Waals surface area contributed by atoms with E-state index in [1.165, 1.54) is 4.90 Å². The Hall–Kier alpha value is -2.95. The lowest BCUT2D eigenvalue weighted by Gasteiger charge is -2.14. The Balaban J connectivity index is 1.66. The van der Waals surface area contributed by atoms with E-state index in [9.17, 15) is 9.59 Å². The molecule has 0 fully saturated rings. The summed E-state index contributed by atoms with van der Waals surface area (Å²) in [4.78, 5) is 26.1. The molecule has 1 aliphatic rings. The molecule has 1 aliphatic heterocycles. The fraction of sp³-hybridized carbons (Fsp3) is 0.167. The van der Waals surface area contributed by atoms with Gasteiger partial charge in [-0.25, -0.2) is 0 Å². The Kier molecular flexibility index (Phi) is 3.01. The zero-order chi connectivity index (χ0) is 16.0. The van der Waals surface area contributed by atoms with E-state index in [1.54, 1.807) is 24.3 Å². The summed E-state index contributed by atoms with van der Waals surface area (Å²) in [7, 11) is 0. The highest BCUT2D eigenvalue weighted by molar-refractivity contribution is 6.21. The average Bonchev–Trinajstić information content (AvgIpc) is 3.09. The SMILES string of the molecule is CCn1ncc2cc(CN3C(=O)c4ccccc4C3=O)ccc21. The van der Waals surface area contributed by atoms with E-state index >= 15 is 0 Å². The molecule has 2 aromatic carbocycles. The van der Waals surface area contributed by atoms with Gasteiger partial charge in [-0.05, 0) is 36.8 Å². The number of imide groups is 1. The van der Waals surface area contributed by atoms with Crippen molar-refractivity contribution in [3.63, 3.8) is 0 Å². The van der Waals surface area contributed by atoms with Gasteiger partial charge in [0, 0.05) is 11.9 Å². The minimum absolute atomic E-state index is 0.227. The number of nitrogens with zero attached hydrogens (tertiary/aromatic N) is 3. The highest BCUT2D eigenvalue weighted by atomic mass is 16.2. The van der Waals surface area contributed by atoms with E-state index in [0.717, 1.165) is 23.0 Å². The third-order valence-electron chi connectivity index (χ3n) is 4.22. The van der Waals surface area contributed by atoms with Crippen LogP contribution in [0.15, 0.2) is 48.7 Å². The average molecular weight is 305 g/mol. The van der Waals surface area contributed by atoms with Crippen molar-refractivity contribution in [2.75, 3.05) is 0 Å². The van der Waals surface area contributed by atoms with Gasteiger partial charge < -0.3 is 0 Å². The number of hydrogen-bond acceptors (Lipinski definition) is 3. The van der Waals surface area contributed by atoms with E-state index in [4.69, 9.17) is 0 Å². The molecule has 1 aromatic heterocycles. The fourth-order valence-electron chi connectivity index (χ4n) is 3.05. The molecule has 23 heavy (non-hydrogen) atoms. The summed E-state index contributed by atoms with van der Waals surface area (Å²) in [6.45, 7) is 3.12. The first-order chi connectivity index (χ1) is 11.2. The van der Waals surface area contributed by atoms with Crippen molar-refractivity contribution in [3.8, 4) is 0 Å². The van der Waals surface area contributed by atoms with Crippen molar-refractivity contribution in [2.45, 2.75) is 20.0 Å². The lowest BCUT2D eigenvalue weighted by atomic mass is 10.1. The summed E-state index contributed by atoms with van der Waals surface area (Å²) in [6.07, 6.45) is 1.81. The first-order valence-corrected chi connectivity index (χ1v) is 7.58. The van der Waals surface area contributed by atoms with Gasteiger partial charge in [-0.3, -0.25) is 19.2 Å². The van der Waals surface area contributed by atoms with Gasteiger partial charge in [0.1, 0.15) is 0 Å². The Labute approximate surface area is 133 Å². The van der Waals surface area contributed by atoms with Gasteiger partial charge in [-0.1, -0.05) is 18.2 Å². The Morgan fingerprint density at radius 3 is 2.35 bits per heavy atom. The molecule has 0 atom stereocenters. The van der Waals surface area contributed by atoms with Crippen LogP contribution in [0, 0.1) is 0 Å². The zero-order valence-corrected chi connectivity index (χ0v) is 12.7. The lowest BCUT2D eigenvalue weighted by Crippen LogP contribution is -2.29. The van der Waals surface area contributed by atoms with Gasteiger partial charge >= 0.3 is 0 Å². The number of aryl methyl sites for hydroxylation is 1. The number of fused-ring (bicyclic) bond motifs is 2. The number of aromatic nitrogens is 2. The predicted octanol–water partition coefficient (Wildman–Crippen LogP) is 2.85. The summed E-state index contributed by atoms with van der Waals surface area (Å²) >= 11 is 0. The monoisotopic (exact) mass is 305 g/mol. The molecule has 0 N–H and O–H groups in total. The molecule has 0 saturated heterocycles. The van der Waals surface area contributed by atoms with E-state index in [-0.39, 0.29) is 18.4 Å². The molecule has 3 aromatic rings. The van der Waals surface area contributed by atoms with E-state index in [0.29, 0.717) is 11.1 Å². The third kappa shape index (κ3) is 2.04. The van der Waals surface area contributed by atoms with Gasteiger partial charge in [0.25, 0.3) is 11.8 Å². The maximum Gasteiger partial charge on any atom is 0.261 e. The predicted molar refractivity (Wildman–Crippen MR) is 86.1 cm³/mol. The molecule has 0 aliphatic carbocycles. The van der Waals surface area contributed by atoms with Gasteiger partial charge in [0.05, 0.1) is 29.4 Å². The quantitative estimate of drug-likeness (QED) is 0.699. The molecular weight excluding hydrogens is 290 g/mol. The van der Waals surface area contributed by atoms with Crippen LogP contribution in [0.5, 0.6) is 0 Å². The molecule has 4 rings (SSSR count). The smallest absolute Gasteiger partial charge is 0.261 e. The van der Waals surface area contributed by atoms with Crippen LogP contribution >= 0.6 is 0 Å². The lowest BCUT2D eigenvalue weighted by molar-refractivity contribution is 0.0642. The minimum atomic E-state index is -0.227. The number of hydrogen-bond donors (Lipinski definition) is 0. The maximum absolute atomic E-state index is 12.4. The van der Waals surface area contributed by atoms with E-state index in [1.807, 2.05) is 36.0 Å². The highest BCUT2D eigenvalue weighted by Gasteiger charge is 2.34. The van der Waals surface area contributed by atoms with Crippen LogP contribution in [0.1, 0.15) is 33.2 Å². The molecule has 0 bridgehead atoms. The van der Waals surface area contributed by atoms with Gasteiger partial charge in [-0.2, -0.15) is 5.10 Å². The first kappa shape index (κ1) is 13.7. The summed E-state index contributed by atoms with van der Waals surface area (Å²) in [6, 6.07) is 12.9. The number of benzene rings is 2. The number of carbonyl (C=O) groups excluding carboxylic acids is 2. The number of carbonyl (C=O) groups is 2. The summed E-state index contributed by atoms with van der Waals surface area (Å²) in [5.41, 5.74) is 2.94. The van der Waals surface area contributed by atoms with Gasteiger partial charge in [0.15, 0.2) is 0 Å². The molecule has 2 heterocycles. The Morgan fingerprint density at radius 2 is 1.70 bits per heavy atom. The van der Waals surface area contributed by atoms with Crippen molar-refractivity contribution in [1.29, 1.82) is 0 Å². The van der Waals surface area contributed by atoms with Crippen molar-refractivity contribution in [3.05, 3.63) is 65.4 Å². The van der Waals surface area contributed by atoms with Crippen molar-refractivity contribution >= 4 is 22.7 Å². The summed E-state index contributed by atoms with van der Waals surface area (Å²) in [5, 5.41) is 5.33. The molecule has 0 radical (unpaired) electrons. The number of rotatable bonds is 3. The Bertz CT molecular complexity index is 907. The second kappa shape index (κ2) is 5.05. The standard InChI is InChI=1S/C18H15N3O2/c1-2-21-16-8-7-12(9-13(16)10-19-21)11-20-17(22)14-5-3-4-6-15(14)18(20)23/h3-10H,2,11H2,1H3. The van der Waals surface area contributed by atoms with Crippen LogP contribution in [0.4, 0.5) is 0 Å². The normalized spacial score (nSPS) is 13.9. The summed E-state index contributed by atoms with van der Waals surface area (Å²) in [5.74, 6) is -0.454. The molecule has 0 spiro atoms. The maximum atomic E-state index is 12.4. The largest absolute Gasteiger partial charge is 0.270 e. The molecule has 0 unspecified atom stereocenters. The number of amides is 2. The third-order valence-corrected chi connectivity index (χ3v) is 4.22. The Morgan fingerprint density at radius 1 is 1.00 bits per heavy atom. The van der Waals surface area contributed by atoms with Crippen LogP contribution in [0.2, 0.25) is 0 Å². The topological polar surface area (TPSA) is 55.2 Å². The van der Waals surface area contributed by atoms with E-state index in [2.05, 4.69) is 5.10 Å². The highest BCUT2D eigenvalue weighted by Crippen LogP contribution is 2.25. The second-order valence-corrected chi connectivity index (χ2v) is 5.60. The molecule has 5 nitrogen and oxygen atoms in total. The fourth-order valence-corrected chi connectivity index (χ4v) is 3.05. The zero-order valence-electron chi connectivity index (χ0n) is 12.7. The minimum Gasteiger partial charge on any atom is -0.270 e. The molecule has 2 amide bonds. The van der Waals surface area contributed by atoms with Crippen LogP contribution in [0.3, 0.4) is 0 Å². The van der Waals surface area contributed by atoms with Crippen molar-refractivity contribution in [2.24, 2.45) is 0 Å². The van der Waals surface area contributed by atoms with Crippen LogP contribution in [-0.2, 0) is 13.1 Å². The van der Waals surface area contributed by atoms with Crippen LogP contribution in [0.25, 0.3) is 10.9 Å². The first-order valence-electron chi connectivity index (χ1n) is 7.58. The van der Waals surface area contributed by atoms with Crippen molar-refractivity contribution < 1.29 is 9.59 Å². The van der Waals surface area contributed by atoms with Gasteiger partial charge in [-0.15, -0.1) is 0 Å². The molecule has 114 valence electrons. The molecule has 0 saturated carbocycles.